The van der Waals surface area contributed by atoms with Gasteiger partial charge in [0, 0.05) is 10.6 Å². The van der Waals surface area contributed by atoms with Crippen molar-refractivity contribution in [3.05, 3.63) is 28.3 Å². The minimum absolute atomic E-state index is 0.697. The summed E-state index contributed by atoms with van der Waals surface area (Å²) in [5.41, 5.74) is 8.18. The zero-order valence-corrected chi connectivity index (χ0v) is 8.92. The third kappa shape index (κ3) is 1.85. The SMILES string of the molecule is NCCc1cc(Cl)c2c(c1)CCS2. The summed E-state index contributed by atoms with van der Waals surface area (Å²) in [5, 5.41) is 0.906. The Balaban J connectivity index is 2.37. The Hall–Kier alpha value is -0.180. The molecule has 1 nitrogen and oxygen atoms in total. The minimum atomic E-state index is 0.697. The van der Waals surface area contributed by atoms with Gasteiger partial charge in [0.25, 0.3) is 0 Å². The minimum Gasteiger partial charge on any atom is -0.330 e. The van der Waals surface area contributed by atoms with E-state index in [2.05, 4.69) is 6.07 Å². The maximum Gasteiger partial charge on any atom is 0.0547 e. The number of thioether (sulfide) groups is 1. The van der Waals surface area contributed by atoms with Crippen molar-refractivity contribution in [2.45, 2.75) is 17.7 Å². The van der Waals surface area contributed by atoms with Gasteiger partial charge >= 0.3 is 0 Å². The smallest absolute Gasteiger partial charge is 0.0547 e. The largest absolute Gasteiger partial charge is 0.330 e. The van der Waals surface area contributed by atoms with Gasteiger partial charge in [-0.3, -0.25) is 0 Å². The van der Waals surface area contributed by atoms with Crippen LogP contribution in [-0.4, -0.2) is 12.3 Å². The molecule has 0 aliphatic carbocycles. The molecule has 0 atom stereocenters. The summed E-state index contributed by atoms with van der Waals surface area (Å²) in [6.45, 7) is 0.697. The van der Waals surface area contributed by atoms with E-state index >= 15 is 0 Å². The average molecular weight is 214 g/mol. The van der Waals surface area contributed by atoms with Crippen molar-refractivity contribution in [3.63, 3.8) is 0 Å². The lowest BCUT2D eigenvalue weighted by atomic mass is 10.1. The van der Waals surface area contributed by atoms with Crippen molar-refractivity contribution < 1.29 is 0 Å². The predicted molar refractivity (Wildman–Crippen MR) is 58.6 cm³/mol. The fourth-order valence-electron chi connectivity index (χ4n) is 1.63. The molecule has 0 saturated heterocycles. The third-order valence-electron chi connectivity index (χ3n) is 2.23. The summed E-state index contributed by atoms with van der Waals surface area (Å²) in [5.74, 6) is 1.17. The van der Waals surface area contributed by atoms with Crippen LogP contribution < -0.4 is 5.73 Å². The van der Waals surface area contributed by atoms with E-state index in [-0.39, 0.29) is 0 Å². The van der Waals surface area contributed by atoms with E-state index in [1.54, 1.807) is 0 Å². The van der Waals surface area contributed by atoms with E-state index in [0.717, 1.165) is 17.9 Å². The summed E-state index contributed by atoms with van der Waals surface area (Å²) < 4.78 is 0. The molecule has 70 valence electrons. The summed E-state index contributed by atoms with van der Waals surface area (Å²) in [6.07, 6.45) is 2.08. The molecule has 1 aliphatic heterocycles. The molecule has 0 radical (unpaired) electrons. The van der Waals surface area contributed by atoms with Crippen LogP contribution in [0.5, 0.6) is 0 Å². The van der Waals surface area contributed by atoms with Crippen LogP contribution >= 0.6 is 23.4 Å². The first kappa shape index (κ1) is 9.38. The van der Waals surface area contributed by atoms with Gasteiger partial charge in [-0.05, 0) is 36.6 Å². The normalized spacial score (nSPS) is 14.6. The van der Waals surface area contributed by atoms with Crippen LogP contribution in [0.1, 0.15) is 11.1 Å². The van der Waals surface area contributed by atoms with Crippen molar-refractivity contribution in [1.29, 1.82) is 0 Å². The summed E-state index contributed by atoms with van der Waals surface area (Å²) in [6, 6.07) is 4.29. The zero-order valence-electron chi connectivity index (χ0n) is 7.35. The van der Waals surface area contributed by atoms with Gasteiger partial charge < -0.3 is 5.73 Å². The zero-order chi connectivity index (χ0) is 9.26. The fourth-order valence-corrected chi connectivity index (χ4v) is 3.13. The highest BCUT2D eigenvalue weighted by atomic mass is 35.5. The molecule has 13 heavy (non-hydrogen) atoms. The van der Waals surface area contributed by atoms with E-state index in [1.807, 2.05) is 17.8 Å². The maximum atomic E-state index is 6.15. The third-order valence-corrected chi connectivity index (χ3v) is 3.82. The van der Waals surface area contributed by atoms with Crippen LogP contribution in [0.2, 0.25) is 5.02 Å². The lowest BCUT2D eigenvalue weighted by Crippen LogP contribution is -2.03. The van der Waals surface area contributed by atoms with Crippen molar-refractivity contribution in [1.82, 2.24) is 0 Å². The van der Waals surface area contributed by atoms with Gasteiger partial charge in [0.15, 0.2) is 0 Å². The molecule has 1 aromatic rings. The number of hydrogen-bond acceptors (Lipinski definition) is 2. The Kier molecular flexibility index (Phi) is 2.82. The Labute approximate surface area is 87.7 Å². The molecule has 1 aliphatic rings. The Morgan fingerprint density at radius 2 is 2.31 bits per heavy atom. The molecule has 0 amide bonds. The van der Waals surface area contributed by atoms with Crippen LogP contribution in [0.25, 0.3) is 0 Å². The number of halogens is 1. The molecular formula is C10H12ClNS. The summed E-state index contributed by atoms with van der Waals surface area (Å²) >= 11 is 8.01. The molecule has 2 rings (SSSR count). The second-order valence-corrected chi connectivity index (χ2v) is 4.72. The van der Waals surface area contributed by atoms with Gasteiger partial charge in [-0.25, -0.2) is 0 Å². The number of rotatable bonds is 2. The second kappa shape index (κ2) is 3.91. The van der Waals surface area contributed by atoms with Gasteiger partial charge in [0.05, 0.1) is 5.02 Å². The summed E-state index contributed by atoms with van der Waals surface area (Å²) in [4.78, 5) is 1.28. The van der Waals surface area contributed by atoms with Gasteiger partial charge in [-0.1, -0.05) is 17.7 Å². The molecule has 0 spiro atoms. The number of hydrogen-bond donors (Lipinski definition) is 1. The van der Waals surface area contributed by atoms with Gasteiger partial charge in [0.2, 0.25) is 0 Å². The molecule has 0 saturated carbocycles. The first-order valence-corrected chi connectivity index (χ1v) is 5.82. The van der Waals surface area contributed by atoms with Crippen LogP contribution in [0.15, 0.2) is 17.0 Å². The lowest BCUT2D eigenvalue weighted by molar-refractivity contribution is 0.959. The van der Waals surface area contributed by atoms with Crippen molar-refractivity contribution in [2.24, 2.45) is 5.73 Å². The van der Waals surface area contributed by atoms with Crippen LogP contribution in [-0.2, 0) is 12.8 Å². The Morgan fingerprint density at radius 1 is 1.46 bits per heavy atom. The first-order chi connectivity index (χ1) is 6.31. The van der Waals surface area contributed by atoms with Crippen LogP contribution in [0.3, 0.4) is 0 Å². The molecule has 0 aromatic heterocycles. The Bertz CT molecular complexity index is 325. The van der Waals surface area contributed by atoms with E-state index in [0.29, 0.717) is 6.54 Å². The summed E-state index contributed by atoms with van der Waals surface area (Å²) in [7, 11) is 0. The second-order valence-electron chi connectivity index (χ2n) is 3.20. The van der Waals surface area contributed by atoms with Crippen LogP contribution in [0, 0.1) is 0 Å². The van der Waals surface area contributed by atoms with E-state index < -0.39 is 0 Å². The number of fused-ring (bicyclic) bond motifs is 1. The van der Waals surface area contributed by atoms with Gasteiger partial charge in [-0.2, -0.15) is 0 Å². The molecular weight excluding hydrogens is 202 g/mol. The van der Waals surface area contributed by atoms with Crippen molar-refractivity contribution >= 4 is 23.4 Å². The number of nitrogens with two attached hydrogens (primary N) is 1. The standard InChI is InChI=1S/C10H12ClNS/c11-9-6-7(1-3-12)5-8-2-4-13-10(8)9/h5-6H,1-4,12H2. The van der Waals surface area contributed by atoms with Crippen LogP contribution in [0.4, 0.5) is 0 Å². The lowest BCUT2D eigenvalue weighted by Gasteiger charge is -2.05. The molecule has 1 aromatic carbocycles. The molecule has 0 fully saturated rings. The molecule has 0 bridgehead atoms. The topological polar surface area (TPSA) is 26.0 Å². The van der Waals surface area contributed by atoms with Gasteiger partial charge in [-0.15, -0.1) is 11.8 Å². The highest BCUT2D eigenvalue weighted by Crippen LogP contribution is 2.37. The first-order valence-electron chi connectivity index (χ1n) is 4.45. The molecule has 2 N–H and O–H groups in total. The van der Waals surface area contributed by atoms with E-state index in [1.165, 1.54) is 21.8 Å². The number of aryl methyl sites for hydroxylation is 1. The molecule has 0 unspecified atom stereocenters. The maximum absolute atomic E-state index is 6.15. The highest BCUT2D eigenvalue weighted by molar-refractivity contribution is 7.99. The molecule has 1 heterocycles. The van der Waals surface area contributed by atoms with Gasteiger partial charge in [0.1, 0.15) is 0 Å². The average Bonchev–Trinajstić information content (AvgIpc) is 2.53. The van der Waals surface area contributed by atoms with Crippen molar-refractivity contribution in [2.75, 3.05) is 12.3 Å². The molecule has 3 heteroatoms. The predicted octanol–water partition coefficient (Wildman–Crippen LogP) is 2.49. The van der Waals surface area contributed by atoms with Crippen molar-refractivity contribution in [3.8, 4) is 0 Å². The number of benzene rings is 1. The monoisotopic (exact) mass is 213 g/mol. The quantitative estimate of drug-likeness (QED) is 0.817. The highest BCUT2D eigenvalue weighted by Gasteiger charge is 2.15. The van der Waals surface area contributed by atoms with E-state index in [4.69, 9.17) is 17.3 Å². The van der Waals surface area contributed by atoms with E-state index in [9.17, 15) is 0 Å². The fraction of sp³-hybridized carbons (Fsp3) is 0.400. The Morgan fingerprint density at radius 3 is 3.08 bits per heavy atom.